The van der Waals surface area contributed by atoms with Crippen LogP contribution in [-0.2, 0) is 13.1 Å². The van der Waals surface area contributed by atoms with Gasteiger partial charge < -0.3 is 14.3 Å². The molecule has 0 spiro atoms. The Hall–Kier alpha value is -2.41. The van der Waals surface area contributed by atoms with Gasteiger partial charge in [-0.2, -0.15) is 5.10 Å². The summed E-state index contributed by atoms with van der Waals surface area (Å²) in [4.78, 5) is 3.91. The Kier molecular flexibility index (Phi) is 3.60. The molecule has 1 N–H and O–H groups in total. The molecule has 3 rings (SSSR count). The minimum atomic E-state index is 0.250. The van der Waals surface area contributed by atoms with Crippen molar-refractivity contribution in [3.63, 3.8) is 0 Å². The van der Waals surface area contributed by atoms with Gasteiger partial charge in [-0.1, -0.05) is 5.16 Å². The van der Waals surface area contributed by atoms with Crippen LogP contribution in [0.2, 0.25) is 0 Å². The predicted molar refractivity (Wildman–Crippen MR) is 70.5 cm³/mol. The standard InChI is InChI=1S/C13H15N5O2/c1-10(7-18-9-14-8-16-18)15-6-11-5-13(20-17-11)12-3-2-4-19-12/h2-5,8-10,15H,6-7H2,1H3/t10-/m1/s1. The van der Waals surface area contributed by atoms with Crippen LogP contribution in [0.4, 0.5) is 0 Å². The second-order valence-electron chi connectivity index (χ2n) is 4.56. The van der Waals surface area contributed by atoms with Crippen LogP contribution >= 0.6 is 0 Å². The fraction of sp³-hybridized carbons (Fsp3) is 0.308. The average Bonchev–Trinajstić information content (AvgIpc) is 3.18. The van der Waals surface area contributed by atoms with Gasteiger partial charge in [0.15, 0.2) is 5.76 Å². The lowest BCUT2D eigenvalue weighted by Crippen LogP contribution is -2.30. The van der Waals surface area contributed by atoms with Gasteiger partial charge in [-0.05, 0) is 19.1 Å². The lowest BCUT2D eigenvalue weighted by atomic mass is 10.3. The van der Waals surface area contributed by atoms with Gasteiger partial charge in [0, 0.05) is 18.7 Å². The van der Waals surface area contributed by atoms with Crippen LogP contribution in [-0.4, -0.2) is 26.0 Å². The third-order valence-electron chi connectivity index (χ3n) is 2.88. The summed E-state index contributed by atoms with van der Waals surface area (Å²) in [7, 11) is 0. The molecule has 7 heteroatoms. The number of rotatable bonds is 6. The maximum atomic E-state index is 5.26. The van der Waals surface area contributed by atoms with Gasteiger partial charge in [0.05, 0.1) is 18.5 Å². The van der Waals surface area contributed by atoms with Crippen molar-refractivity contribution in [2.24, 2.45) is 0 Å². The lowest BCUT2D eigenvalue weighted by molar-refractivity contribution is 0.398. The highest BCUT2D eigenvalue weighted by molar-refractivity contribution is 5.49. The van der Waals surface area contributed by atoms with Crippen molar-refractivity contribution < 1.29 is 8.94 Å². The van der Waals surface area contributed by atoms with E-state index in [0.29, 0.717) is 18.1 Å². The van der Waals surface area contributed by atoms with Crippen LogP contribution in [0.25, 0.3) is 11.5 Å². The van der Waals surface area contributed by atoms with Gasteiger partial charge in [0.2, 0.25) is 5.76 Å². The molecular weight excluding hydrogens is 258 g/mol. The molecule has 0 saturated carbocycles. The first-order chi connectivity index (χ1) is 9.81. The number of hydrogen-bond donors (Lipinski definition) is 1. The molecule has 0 bridgehead atoms. The van der Waals surface area contributed by atoms with Crippen LogP contribution in [0, 0.1) is 0 Å². The Morgan fingerprint density at radius 1 is 1.40 bits per heavy atom. The number of furan rings is 1. The van der Waals surface area contributed by atoms with Crippen LogP contribution in [0.1, 0.15) is 12.6 Å². The molecule has 0 unspecified atom stereocenters. The summed E-state index contributed by atoms with van der Waals surface area (Å²) in [6, 6.07) is 5.77. The zero-order chi connectivity index (χ0) is 13.8. The quantitative estimate of drug-likeness (QED) is 0.736. The molecule has 0 aliphatic heterocycles. The molecule has 0 aromatic carbocycles. The van der Waals surface area contributed by atoms with Crippen molar-refractivity contribution in [1.29, 1.82) is 0 Å². The second kappa shape index (κ2) is 5.70. The highest BCUT2D eigenvalue weighted by atomic mass is 16.5. The summed E-state index contributed by atoms with van der Waals surface area (Å²) in [5.41, 5.74) is 0.835. The monoisotopic (exact) mass is 273 g/mol. The predicted octanol–water partition coefficient (Wildman–Crippen LogP) is 1.70. The Morgan fingerprint density at radius 3 is 3.10 bits per heavy atom. The normalized spacial score (nSPS) is 12.7. The van der Waals surface area contributed by atoms with Gasteiger partial charge in [-0.25, -0.2) is 4.98 Å². The maximum absolute atomic E-state index is 5.26. The van der Waals surface area contributed by atoms with E-state index in [-0.39, 0.29) is 6.04 Å². The third kappa shape index (κ3) is 2.94. The molecule has 0 amide bonds. The number of aromatic nitrogens is 4. The molecule has 3 aromatic rings. The van der Waals surface area contributed by atoms with Crippen molar-refractivity contribution >= 4 is 0 Å². The van der Waals surface area contributed by atoms with Crippen LogP contribution in [0.15, 0.2) is 46.1 Å². The fourth-order valence-electron chi connectivity index (χ4n) is 1.88. The summed E-state index contributed by atoms with van der Waals surface area (Å²) in [6.45, 7) is 3.46. The van der Waals surface area contributed by atoms with Crippen molar-refractivity contribution in [1.82, 2.24) is 25.2 Å². The third-order valence-corrected chi connectivity index (χ3v) is 2.88. The molecule has 0 radical (unpaired) electrons. The summed E-state index contributed by atoms with van der Waals surface area (Å²) in [6.07, 6.45) is 4.83. The minimum absolute atomic E-state index is 0.250. The molecule has 7 nitrogen and oxygen atoms in total. The Bertz CT molecular complexity index is 630. The van der Waals surface area contributed by atoms with Crippen LogP contribution in [0.5, 0.6) is 0 Å². The second-order valence-corrected chi connectivity index (χ2v) is 4.56. The molecule has 20 heavy (non-hydrogen) atoms. The van der Waals surface area contributed by atoms with Gasteiger partial charge in [-0.3, -0.25) is 4.68 Å². The molecule has 0 fully saturated rings. The zero-order valence-corrected chi connectivity index (χ0v) is 11.1. The first-order valence-corrected chi connectivity index (χ1v) is 6.36. The minimum Gasteiger partial charge on any atom is -0.461 e. The first kappa shape index (κ1) is 12.6. The number of nitrogens with zero attached hydrogens (tertiary/aromatic N) is 4. The van der Waals surface area contributed by atoms with E-state index in [2.05, 4.69) is 27.5 Å². The van der Waals surface area contributed by atoms with E-state index >= 15 is 0 Å². The fourth-order valence-corrected chi connectivity index (χ4v) is 1.88. The van der Waals surface area contributed by atoms with E-state index in [0.717, 1.165) is 12.2 Å². The van der Waals surface area contributed by atoms with Gasteiger partial charge >= 0.3 is 0 Å². The Morgan fingerprint density at radius 2 is 2.35 bits per heavy atom. The molecule has 1 atom stereocenters. The zero-order valence-electron chi connectivity index (χ0n) is 11.1. The lowest BCUT2D eigenvalue weighted by Gasteiger charge is -2.11. The highest BCUT2D eigenvalue weighted by Gasteiger charge is 2.10. The van der Waals surface area contributed by atoms with E-state index in [4.69, 9.17) is 8.94 Å². The van der Waals surface area contributed by atoms with E-state index in [1.54, 1.807) is 17.3 Å². The topological polar surface area (TPSA) is 81.9 Å². The molecule has 3 heterocycles. The molecule has 0 aliphatic rings. The SMILES string of the molecule is C[C@H](Cn1cncn1)NCc1cc(-c2ccco2)on1. The summed E-state index contributed by atoms with van der Waals surface area (Å²) >= 11 is 0. The molecule has 3 aromatic heterocycles. The van der Waals surface area contributed by atoms with Crippen molar-refractivity contribution in [3.05, 3.63) is 42.8 Å². The highest BCUT2D eigenvalue weighted by Crippen LogP contribution is 2.20. The van der Waals surface area contributed by atoms with Crippen molar-refractivity contribution in [2.75, 3.05) is 0 Å². The summed E-state index contributed by atoms with van der Waals surface area (Å²) in [5, 5.41) is 11.4. The van der Waals surface area contributed by atoms with E-state index in [1.807, 2.05) is 18.2 Å². The number of nitrogens with one attached hydrogen (secondary N) is 1. The van der Waals surface area contributed by atoms with E-state index in [9.17, 15) is 0 Å². The molecule has 0 saturated heterocycles. The largest absolute Gasteiger partial charge is 0.461 e. The summed E-state index contributed by atoms with van der Waals surface area (Å²) < 4.78 is 12.3. The van der Waals surface area contributed by atoms with Gasteiger partial charge in [0.25, 0.3) is 0 Å². The first-order valence-electron chi connectivity index (χ1n) is 6.36. The van der Waals surface area contributed by atoms with Crippen molar-refractivity contribution in [2.45, 2.75) is 26.1 Å². The van der Waals surface area contributed by atoms with E-state index < -0.39 is 0 Å². The van der Waals surface area contributed by atoms with Crippen LogP contribution < -0.4 is 5.32 Å². The number of hydrogen-bond acceptors (Lipinski definition) is 6. The smallest absolute Gasteiger partial charge is 0.202 e. The van der Waals surface area contributed by atoms with Gasteiger partial charge in [-0.15, -0.1) is 0 Å². The Balaban J connectivity index is 1.53. The molecular formula is C13H15N5O2. The summed E-state index contributed by atoms with van der Waals surface area (Å²) in [5.74, 6) is 1.31. The maximum Gasteiger partial charge on any atom is 0.202 e. The molecule has 104 valence electrons. The Labute approximate surface area is 115 Å². The van der Waals surface area contributed by atoms with Crippen LogP contribution in [0.3, 0.4) is 0 Å². The van der Waals surface area contributed by atoms with Gasteiger partial charge in [0.1, 0.15) is 12.7 Å². The van der Waals surface area contributed by atoms with Crippen molar-refractivity contribution in [3.8, 4) is 11.5 Å². The average molecular weight is 273 g/mol. The molecule has 0 aliphatic carbocycles. The van der Waals surface area contributed by atoms with E-state index in [1.165, 1.54) is 6.33 Å².